The molecule has 1 saturated heterocycles. The van der Waals surface area contributed by atoms with Crippen molar-refractivity contribution in [1.82, 2.24) is 4.90 Å². The summed E-state index contributed by atoms with van der Waals surface area (Å²) in [6, 6.07) is 8.03. The van der Waals surface area contributed by atoms with E-state index in [2.05, 4.69) is 33.9 Å². The van der Waals surface area contributed by atoms with Gasteiger partial charge in [0.15, 0.2) is 11.5 Å². The molecule has 2 aromatic rings. The third-order valence-electron chi connectivity index (χ3n) is 7.78. The molecule has 2 aromatic carbocycles. The maximum absolute atomic E-state index is 13.5. The summed E-state index contributed by atoms with van der Waals surface area (Å²) in [6.45, 7) is 12.8. The molecule has 9 heteroatoms. The molecular weight excluding hydrogens is 490 g/mol. The molecule has 0 N–H and O–H groups in total. The molecule has 2 aliphatic rings. The zero-order valence-corrected chi connectivity index (χ0v) is 24.0. The number of benzene rings is 2. The first-order valence-electron chi connectivity index (χ1n) is 12.5. The second kappa shape index (κ2) is 9.93. The van der Waals surface area contributed by atoms with Gasteiger partial charge in [-0.15, -0.1) is 0 Å². The maximum atomic E-state index is 13.5. The van der Waals surface area contributed by atoms with Crippen LogP contribution >= 0.6 is 0 Å². The van der Waals surface area contributed by atoms with Crippen LogP contribution < -0.4 is 13.9 Å². The fraction of sp³-hybridized carbons (Fsp3) is 0.500. The Labute approximate surface area is 219 Å². The van der Waals surface area contributed by atoms with E-state index in [9.17, 15) is 9.59 Å². The molecule has 0 unspecified atom stereocenters. The summed E-state index contributed by atoms with van der Waals surface area (Å²) in [6.07, 6.45) is -0.342. The lowest BCUT2D eigenvalue weighted by atomic mass is 9.84. The van der Waals surface area contributed by atoms with Crippen molar-refractivity contribution in [1.29, 1.82) is 0 Å². The number of carbonyl (C=O) groups excluding carboxylic acids is 2. The Kier molecular flexibility index (Phi) is 7.20. The van der Waals surface area contributed by atoms with E-state index in [0.717, 1.165) is 22.3 Å². The van der Waals surface area contributed by atoms with Crippen molar-refractivity contribution >= 4 is 20.4 Å². The van der Waals surface area contributed by atoms with Crippen LogP contribution in [0.15, 0.2) is 30.3 Å². The molecule has 4 rings (SSSR count). The highest BCUT2D eigenvalue weighted by molar-refractivity contribution is 6.74. The second-order valence-corrected chi connectivity index (χ2v) is 15.8. The van der Waals surface area contributed by atoms with E-state index in [0.29, 0.717) is 17.2 Å². The number of esters is 1. The van der Waals surface area contributed by atoms with Crippen molar-refractivity contribution in [3.05, 3.63) is 52.6 Å². The molecule has 8 nitrogen and oxygen atoms in total. The van der Waals surface area contributed by atoms with Gasteiger partial charge in [-0.2, -0.15) is 0 Å². The number of nitrogens with zero attached hydrogens (tertiary/aromatic N) is 1. The number of methoxy groups -OCH3 is 2. The Hall–Kier alpha value is -3.20. The summed E-state index contributed by atoms with van der Waals surface area (Å²) in [5.74, 6) is 1.33. The summed E-state index contributed by atoms with van der Waals surface area (Å²) in [7, 11) is 0.875. The fourth-order valence-electron chi connectivity index (χ4n) is 4.78. The number of ether oxygens (including phenoxy) is 4. The first-order chi connectivity index (χ1) is 17.4. The van der Waals surface area contributed by atoms with Crippen LogP contribution in [0.4, 0.5) is 4.79 Å². The number of hydrogen-bond donors (Lipinski definition) is 0. The Morgan fingerprint density at radius 2 is 1.70 bits per heavy atom. The van der Waals surface area contributed by atoms with Crippen LogP contribution in [0.25, 0.3) is 0 Å². The summed E-state index contributed by atoms with van der Waals surface area (Å²) in [5.41, 5.74) is 3.25. The molecule has 0 spiro atoms. The van der Waals surface area contributed by atoms with Gasteiger partial charge in [0.2, 0.25) is 0 Å². The second-order valence-electron chi connectivity index (χ2n) is 11.1. The van der Waals surface area contributed by atoms with Crippen LogP contribution in [0.3, 0.4) is 0 Å². The predicted molar refractivity (Wildman–Crippen MR) is 142 cm³/mol. The van der Waals surface area contributed by atoms with Gasteiger partial charge in [-0.05, 0) is 30.6 Å². The third-order valence-corrected chi connectivity index (χ3v) is 12.1. The molecule has 0 saturated carbocycles. The molecule has 1 fully saturated rings. The zero-order valence-electron chi connectivity index (χ0n) is 23.0. The van der Waals surface area contributed by atoms with Crippen LogP contribution in [0.5, 0.6) is 17.2 Å². The van der Waals surface area contributed by atoms with Crippen molar-refractivity contribution < 1.29 is 33.0 Å². The summed E-state index contributed by atoms with van der Waals surface area (Å²) >= 11 is 0. The number of amides is 1. The first-order valence-corrected chi connectivity index (χ1v) is 15.4. The predicted octanol–water partition coefficient (Wildman–Crippen LogP) is 5.56. The lowest BCUT2D eigenvalue weighted by Gasteiger charge is -2.46. The lowest BCUT2D eigenvalue weighted by Crippen LogP contribution is -2.57. The van der Waals surface area contributed by atoms with E-state index >= 15 is 0 Å². The topological polar surface area (TPSA) is 83.5 Å². The van der Waals surface area contributed by atoms with Crippen molar-refractivity contribution in [3.8, 4) is 17.2 Å². The summed E-state index contributed by atoms with van der Waals surface area (Å²) in [4.78, 5) is 27.9. The van der Waals surface area contributed by atoms with Crippen molar-refractivity contribution in [2.75, 3.05) is 20.8 Å². The van der Waals surface area contributed by atoms with Crippen LogP contribution in [0.1, 0.15) is 49.1 Å². The van der Waals surface area contributed by atoms with Gasteiger partial charge in [-0.25, -0.2) is 9.59 Å². The van der Waals surface area contributed by atoms with Crippen LogP contribution in [0.2, 0.25) is 18.1 Å². The maximum Gasteiger partial charge on any atom is 0.411 e. The van der Waals surface area contributed by atoms with E-state index in [4.69, 9.17) is 23.4 Å². The monoisotopic (exact) mass is 527 g/mol. The molecule has 2 aliphatic heterocycles. The van der Waals surface area contributed by atoms with Crippen LogP contribution in [0, 0.1) is 6.92 Å². The number of morpholine rings is 1. The number of hydrogen-bond acceptors (Lipinski definition) is 7. The lowest BCUT2D eigenvalue weighted by molar-refractivity contribution is -0.162. The highest BCUT2D eigenvalue weighted by Gasteiger charge is 2.51. The van der Waals surface area contributed by atoms with Gasteiger partial charge < -0.3 is 23.4 Å². The highest BCUT2D eigenvalue weighted by atomic mass is 28.4. The van der Waals surface area contributed by atoms with Gasteiger partial charge >= 0.3 is 12.1 Å². The van der Waals surface area contributed by atoms with Crippen molar-refractivity contribution in [2.45, 2.75) is 70.9 Å². The number of fused-ring (bicyclic) bond motifs is 4. The standard InChI is InChI=1S/C28H37NO7Si/c1-17-23(32-5)19-14-20-26(30)34-16-21(29(20)27(31)35-15-18-12-10-9-11-13-18)22(19)25(24(17)33-6)36-37(7,8)28(2,3)4/h9-13,20-21H,14-16H2,1-8H3/t20-,21-/m0/s1. The average Bonchev–Trinajstić information content (AvgIpc) is 2.84. The Morgan fingerprint density at radius 3 is 2.30 bits per heavy atom. The Morgan fingerprint density at radius 1 is 1.05 bits per heavy atom. The Balaban J connectivity index is 1.84. The SMILES string of the molecule is COc1c(C)c(OC)c(O[Si](C)(C)C(C)(C)C)c2c1C[C@H]1C(=O)OC[C@@H]2N1C(=O)OCc1ccccc1. The molecule has 0 radical (unpaired) electrons. The van der Waals surface area contributed by atoms with E-state index in [1.165, 1.54) is 4.90 Å². The molecule has 37 heavy (non-hydrogen) atoms. The van der Waals surface area contributed by atoms with Crippen molar-refractivity contribution in [3.63, 3.8) is 0 Å². The largest absolute Gasteiger partial charge is 0.541 e. The van der Waals surface area contributed by atoms with Gasteiger partial charge in [0.25, 0.3) is 8.32 Å². The van der Waals surface area contributed by atoms with Gasteiger partial charge in [-0.3, -0.25) is 4.90 Å². The highest BCUT2D eigenvalue weighted by Crippen LogP contribution is 2.53. The average molecular weight is 528 g/mol. The minimum atomic E-state index is -2.33. The van der Waals surface area contributed by atoms with Gasteiger partial charge in [0.1, 0.15) is 25.0 Å². The number of cyclic esters (lactones) is 1. The zero-order chi connectivity index (χ0) is 27.1. The molecular formula is C28H37NO7Si. The Bertz CT molecular complexity index is 1190. The molecule has 0 aromatic heterocycles. The molecule has 2 heterocycles. The quantitative estimate of drug-likeness (QED) is 0.359. The number of carbonyl (C=O) groups is 2. The number of rotatable bonds is 6. The molecule has 0 aliphatic carbocycles. The van der Waals surface area contributed by atoms with E-state index < -0.39 is 32.5 Å². The molecule has 200 valence electrons. The first kappa shape index (κ1) is 26.8. The summed E-state index contributed by atoms with van der Waals surface area (Å²) in [5, 5.41) is -0.0801. The van der Waals surface area contributed by atoms with Crippen LogP contribution in [-0.4, -0.2) is 52.1 Å². The summed E-state index contributed by atoms with van der Waals surface area (Å²) < 4.78 is 29.8. The van der Waals surface area contributed by atoms with Gasteiger partial charge in [0.05, 0.1) is 20.3 Å². The van der Waals surface area contributed by atoms with E-state index in [-0.39, 0.29) is 24.7 Å². The fourth-order valence-corrected chi connectivity index (χ4v) is 5.80. The van der Waals surface area contributed by atoms with Gasteiger partial charge in [0, 0.05) is 23.1 Å². The van der Waals surface area contributed by atoms with Crippen LogP contribution in [-0.2, 0) is 27.3 Å². The molecule has 2 atom stereocenters. The van der Waals surface area contributed by atoms with E-state index in [1.807, 2.05) is 37.3 Å². The molecule has 2 bridgehead atoms. The minimum absolute atomic E-state index is 0.00793. The minimum Gasteiger partial charge on any atom is -0.541 e. The third kappa shape index (κ3) is 4.76. The van der Waals surface area contributed by atoms with Gasteiger partial charge in [-0.1, -0.05) is 51.1 Å². The van der Waals surface area contributed by atoms with E-state index in [1.54, 1.807) is 14.2 Å². The van der Waals surface area contributed by atoms with Crippen molar-refractivity contribution in [2.24, 2.45) is 0 Å². The smallest absolute Gasteiger partial charge is 0.411 e. The normalized spacial score (nSPS) is 19.0. The molecule has 1 amide bonds.